The molecule has 114 valence electrons. The molecule has 0 bridgehead atoms. The van der Waals surface area contributed by atoms with Crippen LogP contribution in [-0.2, 0) is 0 Å². The van der Waals surface area contributed by atoms with E-state index in [2.05, 4.69) is 4.98 Å². The fourth-order valence-corrected chi connectivity index (χ4v) is 2.82. The summed E-state index contributed by atoms with van der Waals surface area (Å²) < 4.78 is 0. The summed E-state index contributed by atoms with van der Waals surface area (Å²) in [6.45, 7) is 0. The number of aromatic carboxylic acids is 1. The Kier molecular flexibility index (Phi) is 4.03. The highest BCUT2D eigenvalue weighted by Gasteiger charge is 2.19. The van der Waals surface area contributed by atoms with E-state index in [4.69, 9.17) is 23.2 Å². The van der Waals surface area contributed by atoms with E-state index in [1.807, 2.05) is 0 Å². The van der Waals surface area contributed by atoms with Crippen LogP contribution in [0.15, 0.2) is 48.5 Å². The summed E-state index contributed by atoms with van der Waals surface area (Å²) in [5.74, 6) is -1.56. The number of rotatable bonds is 3. The van der Waals surface area contributed by atoms with Gasteiger partial charge in [0, 0.05) is 16.0 Å². The quantitative estimate of drug-likeness (QED) is 0.711. The standard InChI is InChI=1S/C17H9Cl2NO3/c18-10-6-11-12(17(22)23)8-14(20-15(11)13(19)7-10)16(21)9-4-2-1-3-5-9/h1-8H,(H,22,23). The van der Waals surface area contributed by atoms with Crippen LogP contribution in [0.3, 0.4) is 0 Å². The van der Waals surface area contributed by atoms with Crippen LogP contribution in [0.25, 0.3) is 10.9 Å². The van der Waals surface area contributed by atoms with Crippen LogP contribution in [0.1, 0.15) is 26.4 Å². The zero-order valence-corrected chi connectivity index (χ0v) is 13.1. The number of carboxylic acid groups (broad SMARTS) is 1. The summed E-state index contributed by atoms with van der Waals surface area (Å²) in [6.07, 6.45) is 0. The van der Waals surface area contributed by atoms with Gasteiger partial charge in [0.2, 0.25) is 5.78 Å². The van der Waals surface area contributed by atoms with Crippen molar-refractivity contribution < 1.29 is 14.7 Å². The minimum Gasteiger partial charge on any atom is -0.478 e. The van der Waals surface area contributed by atoms with E-state index < -0.39 is 5.97 Å². The molecule has 0 spiro atoms. The van der Waals surface area contributed by atoms with Crippen LogP contribution in [0, 0.1) is 0 Å². The van der Waals surface area contributed by atoms with E-state index in [0.29, 0.717) is 16.0 Å². The third kappa shape index (κ3) is 2.91. The van der Waals surface area contributed by atoms with Gasteiger partial charge in [0.1, 0.15) is 5.69 Å². The number of halogens is 2. The maximum Gasteiger partial charge on any atom is 0.336 e. The van der Waals surface area contributed by atoms with E-state index in [9.17, 15) is 14.7 Å². The molecule has 1 heterocycles. The predicted octanol–water partition coefficient (Wildman–Crippen LogP) is 4.47. The molecule has 0 saturated carbocycles. The molecule has 3 rings (SSSR count). The van der Waals surface area contributed by atoms with Crippen LogP contribution in [-0.4, -0.2) is 21.8 Å². The summed E-state index contributed by atoms with van der Waals surface area (Å²) in [5.41, 5.74) is 0.597. The summed E-state index contributed by atoms with van der Waals surface area (Å²) in [7, 11) is 0. The number of aromatic nitrogens is 1. The second kappa shape index (κ2) is 5.99. The summed E-state index contributed by atoms with van der Waals surface area (Å²) in [4.78, 5) is 28.3. The minimum absolute atomic E-state index is 0.0188. The number of benzene rings is 2. The zero-order valence-electron chi connectivity index (χ0n) is 11.6. The second-order valence-corrected chi connectivity index (χ2v) is 5.68. The monoisotopic (exact) mass is 345 g/mol. The van der Waals surface area contributed by atoms with Gasteiger partial charge >= 0.3 is 5.97 Å². The smallest absolute Gasteiger partial charge is 0.336 e. The predicted molar refractivity (Wildman–Crippen MR) is 88.6 cm³/mol. The van der Waals surface area contributed by atoms with Gasteiger partial charge in [0.25, 0.3) is 0 Å². The topological polar surface area (TPSA) is 67.3 Å². The lowest BCUT2D eigenvalue weighted by Gasteiger charge is -2.08. The van der Waals surface area contributed by atoms with Crippen molar-refractivity contribution >= 4 is 45.9 Å². The molecular weight excluding hydrogens is 337 g/mol. The number of ketones is 1. The Hall–Kier alpha value is -2.43. The summed E-state index contributed by atoms with van der Waals surface area (Å²) >= 11 is 12.0. The third-order valence-corrected chi connectivity index (χ3v) is 3.84. The first-order valence-electron chi connectivity index (χ1n) is 6.60. The van der Waals surface area contributed by atoms with Crippen molar-refractivity contribution in [3.63, 3.8) is 0 Å². The molecule has 0 aliphatic heterocycles. The molecule has 0 atom stereocenters. The molecule has 0 amide bonds. The molecule has 23 heavy (non-hydrogen) atoms. The van der Waals surface area contributed by atoms with Gasteiger partial charge in [0.05, 0.1) is 16.1 Å². The Labute approximate surface area is 141 Å². The summed E-state index contributed by atoms with van der Waals surface area (Å²) in [6, 6.07) is 12.7. The van der Waals surface area contributed by atoms with Gasteiger partial charge in [-0.1, -0.05) is 53.5 Å². The van der Waals surface area contributed by atoms with Gasteiger partial charge in [-0.05, 0) is 18.2 Å². The number of fused-ring (bicyclic) bond motifs is 1. The Morgan fingerprint density at radius 3 is 2.35 bits per heavy atom. The Balaban J connectivity index is 2.28. The number of pyridine rings is 1. The molecule has 1 aromatic heterocycles. The molecule has 0 unspecified atom stereocenters. The molecule has 4 nitrogen and oxygen atoms in total. The first-order valence-corrected chi connectivity index (χ1v) is 7.36. The lowest BCUT2D eigenvalue weighted by Crippen LogP contribution is -2.08. The van der Waals surface area contributed by atoms with Crippen molar-refractivity contribution in [1.82, 2.24) is 4.98 Å². The van der Waals surface area contributed by atoms with Gasteiger partial charge in [-0.2, -0.15) is 0 Å². The zero-order chi connectivity index (χ0) is 16.6. The first kappa shape index (κ1) is 15.5. The number of hydrogen-bond acceptors (Lipinski definition) is 3. The number of nitrogens with zero attached hydrogens (tertiary/aromatic N) is 1. The molecule has 0 radical (unpaired) electrons. The summed E-state index contributed by atoms with van der Waals surface area (Å²) in [5, 5.41) is 10.2. The number of hydrogen-bond donors (Lipinski definition) is 1. The van der Waals surface area contributed by atoms with E-state index in [-0.39, 0.29) is 27.6 Å². The van der Waals surface area contributed by atoms with Gasteiger partial charge < -0.3 is 5.11 Å². The average Bonchev–Trinajstić information content (AvgIpc) is 2.54. The van der Waals surface area contributed by atoms with Crippen LogP contribution in [0.4, 0.5) is 0 Å². The van der Waals surface area contributed by atoms with Gasteiger partial charge in [0.15, 0.2) is 0 Å². The van der Waals surface area contributed by atoms with Crippen molar-refractivity contribution in [2.24, 2.45) is 0 Å². The maximum absolute atomic E-state index is 12.5. The second-order valence-electron chi connectivity index (χ2n) is 4.84. The van der Waals surface area contributed by atoms with Crippen LogP contribution in [0.5, 0.6) is 0 Å². The lowest BCUT2D eigenvalue weighted by molar-refractivity contribution is 0.0699. The minimum atomic E-state index is -1.18. The highest BCUT2D eigenvalue weighted by atomic mass is 35.5. The number of carbonyl (C=O) groups is 2. The Morgan fingerprint density at radius 1 is 1.00 bits per heavy atom. The van der Waals surface area contributed by atoms with Crippen LogP contribution in [0.2, 0.25) is 10.0 Å². The average molecular weight is 346 g/mol. The molecule has 0 aliphatic rings. The third-order valence-electron chi connectivity index (χ3n) is 3.33. The van der Waals surface area contributed by atoms with Crippen molar-refractivity contribution in [2.75, 3.05) is 0 Å². The largest absolute Gasteiger partial charge is 0.478 e. The van der Waals surface area contributed by atoms with Gasteiger partial charge in [-0.3, -0.25) is 4.79 Å². The first-order chi connectivity index (χ1) is 11.0. The fraction of sp³-hybridized carbons (Fsp3) is 0. The maximum atomic E-state index is 12.5. The Bertz CT molecular complexity index is 939. The van der Waals surface area contributed by atoms with Gasteiger partial charge in [-0.25, -0.2) is 9.78 Å². The van der Waals surface area contributed by atoms with E-state index in [1.165, 1.54) is 18.2 Å². The lowest BCUT2D eigenvalue weighted by atomic mass is 10.0. The Morgan fingerprint density at radius 2 is 1.70 bits per heavy atom. The SMILES string of the molecule is O=C(c1ccccc1)c1cc(C(=O)O)c2cc(Cl)cc(Cl)c2n1. The van der Waals surface area contributed by atoms with Crippen molar-refractivity contribution in [1.29, 1.82) is 0 Å². The van der Waals surface area contributed by atoms with E-state index in [1.54, 1.807) is 30.3 Å². The highest BCUT2D eigenvalue weighted by Crippen LogP contribution is 2.30. The van der Waals surface area contributed by atoms with Gasteiger partial charge in [-0.15, -0.1) is 0 Å². The highest BCUT2D eigenvalue weighted by molar-refractivity contribution is 6.38. The number of carboxylic acids is 1. The molecular formula is C17H9Cl2NO3. The van der Waals surface area contributed by atoms with Crippen LogP contribution >= 0.6 is 23.2 Å². The molecule has 0 fully saturated rings. The van der Waals surface area contributed by atoms with Crippen molar-refractivity contribution in [2.45, 2.75) is 0 Å². The molecule has 1 N–H and O–H groups in total. The molecule has 0 aliphatic carbocycles. The fourth-order valence-electron chi connectivity index (χ4n) is 2.28. The molecule has 6 heteroatoms. The normalized spacial score (nSPS) is 10.7. The van der Waals surface area contributed by atoms with E-state index >= 15 is 0 Å². The number of carbonyl (C=O) groups excluding carboxylic acids is 1. The molecule has 2 aromatic carbocycles. The molecule has 0 saturated heterocycles. The molecule has 3 aromatic rings. The van der Waals surface area contributed by atoms with E-state index in [0.717, 1.165) is 0 Å². The van der Waals surface area contributed by atoms with Crippen LogP contribution < -0.4 is 0 Å². The van der Waals surface area contributed by atoms with Crippen molar-refractivity contribution in [3.8, 4) is 0 Å². The van der Waals surface area contributed by atoms with Crippen molar-refractivity contribution in [3.05, 3.63) is 75.4 Å².